The SMILES string of the molecule is C[C@H](Nc1cc(C(F)(F)F)nc(-c2cccnc2)n1)C(=O)N(C)C. The molecular formula is C15H16F3N5O. The second-order valence-corrected chi connectivity index (χ2v) is 5.30. The minimum Gasteiger partial charge on any atom is -0.358 e. The zero-order valence-corrected chi connectivity index (χ0v) is 13.3. The highest BCUT2D eigenvalue weighted by Gasteiger charge is 2.34. The molecule has 2 rings (SSSR count). The van der Waals surface area contributed by atoms with Crippen molar-refractivity contribution in [1.29, 1.82) is 0 Å². The molecule has 0 unspecified atom stereocenters. The van der Waals surface area contributed by atoms with Crippen molar-refractivity contribution in [2.45, 2.75) is 19.1 Å². The summed E-state index contributed by atoms with van der Waals surface area (Å²) in [6, 6.07) is 3.17. The van der Waals surface area contributed by atoms with Gasteiger partial charge in [0.25, 0.3) is 0 Å². The average Bonchev–Trinajstić information content (AvgIpc) is 2.53. The molecule has 0 fully saturated rings. The van der Waals surface area contributed by atoms with Crippen LogP contribution in [0.2, 0.25) is 0 Å². The second kappa shape index (κ2) is 6.81. The second-order valence-electron chi connectivity index (χ2n) is 5.30. The van der Waals surface area contributed by atoms with Crippen LogP contribution in [-0.2, 0) is 11.0 Å². The van der Waals surface area contributed by atoms with Crippen LogP contribution in [-0.4, -0.2) is 45.9 Å². The van der Waals surface area contributed by atoms with Gasteiger partial charge in [0.15, 0.2) is 11.5 Å². The maximum absolute atomic E-state index is 13.1. The Kier molecular flexibility index (Phi) is 5.01. The van der Waals surface area contributed by atoms with Gasteiger partial charge in [-0.1, -0.05) is 0 Å². The lowest BCUT2D eigenvalue weighted by Crippen LogP contribution is -2.37. The van der Waals surface area contributed by atoms with E-state index < -0.39 is 17.9 Å². The molecule has 0 aliphatic carbocycles. The van der Waals surface area contributed by atoms with Crippen molar-refractivity contribution in [3.63, 3.8) is 0 Å². The monoisotopic (exact) mass is 339 g/mol. The summed E-state index contributed by atoms with van der Waals surface area (Å²) < 4.78 is 39.2. The summed E-state index contributed by atoms with van der Waals surface area (Å²) >= 11 is 0. The minimum absolute atomic E-state index is 0.0844. The summed E-state index contributed by atoms with van der Waals surface area (Å²) in [5.41, 5.74) is -0.749. The molecular weight excluding hydrogens is 323 g/mol. The molecule has 9 heteroatoms. The molecule has 0 aliphatic rings. The number of rotatable bonds is 4. The topological polar surface area (TPSA) is 71.0 Å². The first-order chi connectivity index (χ1) is 11.2. The van der Waals surface area contributed by atoms with Crippen LogP contribution in [0, 0.1) is 0 Å². The standard InChI is InChI=1S/C15H16F3N5O/c1-9(14(24)23(2)3)20-12-7-11(15(16,17)18)21-13(22-12)10-5-4-6-19-8-10/h4-9H,1-3H3,(H,20,21,22)/t9-/m0/s1. The van der Waals surface area contributed by atoms with Crippen LogP contribution < -0.4 is 5.32 Å². The van der Waals surface area contributed by atoms with Gasteiger partial charge in [-0.2, -0.15) is 13.2 Å². The first kappa shape index (κ1) is 17.6. The third kappa shape index (κ3) is 4.18. The van der Waals surface area contributed by atoms with Crippen molar-refractivity contribution >= 4 is 11.7 Å². The normalized spacial score (nSPS) is 12.6. The van der Waals surface area contributed by atoms with Crippen LogP contribution in [0.5, 0.6) is 0 Å². The van der Waals surface area contributed by atoms with Gasteiger partial charge in [-0.15, -0.1) is 0 Å². The fraction of sp³-hybridized carbons (Fsp3) is 0.333. The average molecular weight is 339 g/mol. The third-order valence-electron chi connectivity index (χ3n) is 3.11. The molecule has 128 valence electrons. The summed E-state index contributed by atoms with van der Waals surface area (Å²) in [7, 11) is 3.12. The molecule has 0 saturated heterocycles. The van der Waals surface area contributed by atoms with Crippen molar-refractivity contribution in [3.8, 4) is 11.4 Å². The highest BCUT2D eigenvalue weighted by molar-refractivity contribution is 5.83. The van der Waals surface area contributed by atoms with Crippen LogP contribution >= 0.6 is 0 Å². The molecule has 0 bridgehead atoms. The van der Waals surface area contributed by atoms with Gasteiger partial charge in [0, 0.05) is 38.1 Å². The Morgan fingerprint density at radius 2 is 2.00 bits per heavy atom. The maximum Gasteiger partial charge on any atom is 0.433 e. The van der Waals surface area contributed by atoms with Gasteiger partial charge >= 0.3 is 6.18 Å². The number of nitrogens with zero attached hydrogens (tertiary/aromatic N) is 4. The van der Waals surface area contributed by atoms with Crippen molar-refractivity contribution in [2.75, 3.05) is 19.4 Å². The van der Waals surface area contributed by atoms with E-state index in [-0.39, 0.29) is 17.5 Å². The number of anilines is 1. The molecule has 0 saturated carbocycles. The van der Waals surface area contributed by atoms with E-state index in [9.17, 15) is 18.0 Å². The smallest absolute Gasteiger partial charge is 0.358 e. The predicted octanol–water partition coefficient (Wildman–Crippen LogP) is 2.45. The molecule has 2 aromatic heterocycles. The Hall–Kier alpha value is -2.71. The first-order valence-electron chi connectivity index (χ1n) is 7.03. The van der Waals surface area contributed by atoms with E-state index >= 15 is 0 Å². The number of likely N-dealkylation sites (N-methyl/N-ethyl adjacent to an activating group) is 1. The Balaban J connectivity index is 2.42. The molecule has 0 spiro atoms. The fourth-order valence-electron chi connectivity index (χ4n) is 1.96. The zero-order valence-electron chi connectivity index (χ0n) is 13.3. The number of hydrogen-bond acceptors (Lipinski definition) is 5. The van der Waals surface area contributed by atoms with Gasteiger partial charge in [0.1, 0.15) is 11.9 Å². The quantitative estimate of drug-likeness (QED) is 0.926. The van der Waals surface area contributed by atoms with Crippen molar-refractivity contribution in [3.05, 3.63) is 36.3 Å². The molecule has 1 atom stereocenters. The van der Waals surface area contributed by atoms with Gasteiger partial charge < -0.3 is 10.2 Å². The summed E-state index contributed by atoms with van der Waals surface area (Å²) in [6.07, 6.45) is -1.77. The molecule has 1 N–H and O–H groups in total. The largest absolute Gasteiger partial charge is 0.433 e. The predicted molar refractivity (Wildman–Crippen MR) is 82.0 cm³/mol. The first-order valence-corrected chi connectivity index (χ1v) is 7.03. The molecule has 24 heavy (non-hydrogen) atoms. The van der Waals surface area contributed by atoms with E-state index in [1.54, 1.807) is 33.2 Å². The summed E-state index contributed by atoms with van der Waals surface area (Å²) in [4.78, 5) is 24.7. The zero-order chi connectivity index (χ0) is 17.9. The Morgan fingerprint density at radius 3 is 2.54 bits per heavy atom. The molecule has 0 radical (unpaired) electrons. The minimum atomic E-state index is -4.63. The van der Waals surface area contributed by atoms with Gasteiger partial charge in [0.05, 0.1) is 0 Å². The van der Waals surface area contributed by atoms with Crippen LogP contribution in [0.15, 0.2) is 30.6 Å². The van der Waals surface area contributed by atoms with E-state index in [4.69, 9.17) is 0 Å². The van der Waals surface area contributed by atoms with E-state index in [0.717, 1.165) is 6.07 Å². The molecule has 2 aromatic rings. The van der Waals surface area contributed by atoms with Crippen LogP contribution in [0.25, 0.3) is 11.4 Å². The Labute approximate surface area is 136 Å². The lowest BCUT2D eigenvalue weighted by atomic mass is 10.2. The Bertz CT molecular complexity index is 719. The Morgan fingerprint density at radius 1 is 1.29 bits per heavy atom. The van der Waals surface area contributed by atoms with Gasteiger partial charge in [-0.25, -0.2) is 9.97 Å². The summed E-state index contributed by atoms with van der Waals surface area (Å²) in [5, 5.41) is 2.68. The third-order valence-corrected chi connectivity index (χ3v) is 3.11. The molecule has 0 aliphatic heterocycles. The van der Waals surface area contributed by atoms with Crippen molar-refractivity contribution < 1.29 is 18.0 Å². The molecule has 0 aromatic carbocycles. The highest BCUT2D eigenvalue weighted by Crippen LogP contribution is 2.30. The lowest BCUT2D eigenvalue weighted by Gasteiger charge is -2.19. The van der Waals surface area contributed by atoms with E-state index in [0.29, 0.717) is 5.56 Å². The summed E-state index contributed by atoms with van der Waals surface area (Å²) in [6.45, 7) is 1.54. The number of aromatic nitrogens is 3. The van der Waals surface area contributed by atoms with Crippen molar-refractivity contribution in [1.82, 2.24) is 19.9 Å². The highest BCUT2D eigenvalue weighted by atomic mass is 19.4. The molecule has 6 nitrogen and oxygen atoms in total. The fourth-order valence-corrected chi connectivity index (χ4v) is 1.96. The van der Waals surface area contributed by atoms with E-state index in [2.05, 4.69) is 20.3 Å². The number of amides is 1. The van der Waals surface area contributed by atoms with Gasteiger partial charge in [0.2, 0.25) is 5.91 Å². The molecule has 2 heterocycles. The van der Waals surface area contributed by atoms with Gasteiger partial charge in [-0.05, 0) is 19.1 Å². The van der Waals surface area contributed by atoms with E-state index in [1.165, 1.54) is 17.3 Å². The number of alkyl halides is 3. The summed E-state index contributed by atoms with van der Waals surface area (Å²) in [5.74, 6) is -0.492. The number of pyridine rings is 1. The van der Waals surface area contributed by atoms with Crippen LogP contribution in [0.1, 0.15) is 12.6 Å². The number of carbonyl (C=O) groups is 1. The van der Waals surface area contributed by atoms with Crippen LogP contribution in [0.3, 0.4) is 0 Å². The molecule has 1 amide bonds. The number of hydrogen-bond donors (Lipinski definition) is 1. The number of halogens is 3. The van der Waals surface area contributed by atoms with Crippen molar-refractivity contribution in [2.24, 2.45) is 0 Å². The number of nitrogens with one attached hydrogen (secondary N) is 1. The lowest BCUT2D eigenvalue weighted by molar-refractivity contribution is -0.141. The maximum atomic E-state index is 13.1. The van der Waals surface area contributed by atoms with E-state index in [1.807, 2.05) is 0 Å². The number of carbonyl (C=O) groups excluding carboxylic acids is 1. The van der Waals surface area contributed by atoms with Gasteiger partial charge in [-0.3, -0.25) is 9.78 Å². The van der Waals surface area contributed by atoms with Crippen LogP contribution in [0.4, 0.5) is 19.0 Å².